The number of benzene rings is 1. The molecule has 0 bridgehead atoms. The maximum Gasteiger partial charge on any atom is 0.195 e. The first-order valence-corrected chi connectivity index (χ1v) is 8.71. The van der Waals surface area contributed by atoms with Gasteiger partial charge in [0, 0.05) is 37.1 Å². The van der Waals surface area contributed by atoms with Crippen molar-refractivity contribution in [3.63, 3.8) is 0 Å². The van der Waals surface area contributed by atoms with Crippen LogP contribution < -0.4 is 20.1 Å². The molecule has 24 heavy (non-hydrogen) atoms. The fourth-order valence-corrected chi connectivity index (χ4v) is 2.94. The van der Waals surface area contributed by atoms with Crippen molar-refractivity contribution in [2.45, 2.75) is 19.8 Å². The minimum Gasteiger partial charge on any atom is -0.493 e. The van der Waals surface area contributed by atoms with Gasteiger partial charge < -0.3 is 20.1 Å². The summed E-state index contributed by atoms with van der Waals surface area (Å²) >= 11 is 1.71. The summed E-state index contributed by atoms with van der Waals surface area (Å²) in [5.41, 5.74) is 1.99. The molecular weight excluding hydrogens is 324 g/mol. The van der Waals surface area contributed by atoms with Crippen LogP contribution in [-0.2, 0) is 12.8 Å². The monoisotopic (exact) mass is 348 g/mol. The number of aromatic nitrogens is 1. The van der Waals surface area contributed by atoms with Crippen molar-refractivity contribution in [3.8, 4) is 11.5 Å². The van der Waals surface area contributed by atoms with E-state index in [-0.39, 0.29) is 0 Å². The van der Waals surface area contributed by atoms with E-state index in [1.54, 1.807) is 32.6 Å². The number of methoxy groups -OCH3 is 2. The number of anilines is 1. The second-order valence-corrected chi connectivity index (χ2v) is 5.97. The summed E-state index contributed by atoms with van der Waals surface area (Å²) in [6.45, 7) is 2.88. The Morgan fingerprint density at radius 1 is 1.25 bits per heavy atom. The quantitative estimate of drug-likeness (QED) is 0.595. The minimum atomic E-state index is 0.674. The first-order valence-electron chi connectivity index (χ1n) is 7.83. The van der Waals surface area contributed by atoms with Gasteiger partial charge in [0.2, 0.25) is 0 Å². The summed E-state index contributed by atoms with van der Waals surface area (Å²) in [5.74, 6) is 2.07. The van der Waals surface area contributed by atoms with Crippen LogP contribution in [-0.4, -0.2) is 38.8 Å². The van der Waals surface area contributed by atoms with Gasteiger partial charge in [-0.3, -0.25) is 4.99 Å². The lowest BCUT2D eigenvalue weighted by Gasteiger charge is -2.13. The van der Waals surface area contributed by atoms with Crippen molar-refractivity contribution < 1.29 is 9.47 Å². The largest absolute Gasteiger partial charge is 0.493 e. The van der Waals surface area contributed by atoms with E-state index in [9.17, 15) is 0 Å². The molecule has 1 heterocycles. The maximum absolute atomic E-state index is 5.31. The normalized spacial score (nSPS) is 11.2. The Bertz CT molecular complexity index is 685. The number of hydrogen-bond donors (Lipinski definition) is 2. The standard InChI is InChI=1S/C17H24N4O2S/c1-5-16-20-13(11-24-16)8-9-19-17(18-2)21-12-6-7-14(22-3)15(10-12)23-4/h6-7,10-11H,5,8-9H2,1-4H3,(H2,18,19,21). The number of aryl methyl sites for hydroxylation is 1. The molecule has 1 aromatic heterocycles. The molecule has 7 heteroatoms. The predicted molar refractivity (Wildman–Crippen MR) is 99.7 cm³/mol. The summed E-state index contributed by atoms with van der Waals surface area (Å²) in [7, 11) is 4.98. The molecule has 2 N–H and O–H groups in total. The molecule has 0 aliphatic heterocycles. The summed E-state index contributed by atoms with van der Waals surface area (Å²) < 4.78 is 10.6. The Morgan fingerprint density at radius 3 is 2.67 bits per heavy atom. The summed E-state index contributed by atoms with van der Waals surface area (Å²) in [4.78, 5) is 8.80. The zero-order valence-electron chi connectivity index (χ0n) is 14.5. The molecule has 1 aromatic carbocycles. The number of guanidine groups is 1. The summed E-state index contributed by atoms with van der Waals surface area (Å²) in [6, 6.07) is 5.65. The highest BCUT2D eigenvalue weighted by Crippen LogP contribution is 2.29. The van der Waals surface area contributed by atoms with Gasteiger partial charge in [-0.25, -0.2) is 4.98 Å². The third kappa shape index (κ3) is 4.86. The van der Waals surface area contributed by atoms with Crippen molar-refractivity contribution >= 4 is 23.0 Å². The zero-order valence-corrected chi connectivity index (χ0v) is 15.4. The maximum atomic E-state index is 5.31. The van der Waals surface area contributed by atoms with Crippen molar-refractivity contribution in [1.82, 2.24) is 10.3 Å². The second kappa shape index (κ2) is 9.12. The highest BCUT2D eigenvalue weighted by Gasteiger charge is 2.06. The lowest BCUT2D eigenvalue weighted by molar-refractivity contribution is 0.355. The number of aliphatic imine (C=N–C) groups is 1. The molecule has 2 rings (SSSR count). The third-order valence-corrected chi connectivity index (χ3v) is 4.49. The van der Waals surface area contributed by atoms with Crippen LogP contribution in [0.5, 0.6) is 11.5 Å². The average Bonchev–Trinajstić information content (AvgIpc) is 3.08. The third-order valence-electron chi connectivity index (χ3n) is 3.45. The van der Waals surface area contributed by atoms with E-state index in [4.69, 9.17) is 9.47 Å². The first kappa shape index (κ1) is 18.1. The van der Waals surface area contributed by atoms with Gasteiger partial charge in [-0.2, -0.15) is 0 Å². The van der Waals surface area contributed by atoms with Crippen LogP contribution in [0.4, 0.5) is 5.69 Å². The Labute approximate surface area is 146 Å². The molecular formula is C17H24N4O2S. The van der Waals surface area contributed by atoms with Crippen LogP contribution in [0.3, 0.4) is 0 Å². The zero-order chi connectivity index (χ0) is 17.4. The van der Waals surface area contributed by atoms with E-state index in [2.05, 4.69) is 32.9 Å². The topological polar surface area (TPSA) is 67.8 Å². The second-order valence-electron chi connectivity index (χ2n) is 5.03. The highest BCUT2D eigenvalue weighted by atomic mass is 32.1. The molecule has 6 nitrogen and oxygen atoms in total. The molecule has 0 atom stereocenters. The molecule has 0 fully saturated rings. The van der Waals surface area contributed by atoms with E-state index >= 15 is 0 Å². The van der Waals surface area contributed by atoms with Crippen LogP contribution >= 0.6 is 11.3 Å². The van der Waals surface area contributed by atoms with Crippen molar-refractivity contribution in [2.24, 2.45) is 4.99 Å². The van der Waals surface area contributed by atoms with Crippen LogP contribution in [0.15, 0.2) is 28.6 Å². The van der Waals surface area contributed by atoms with Gasteiger partial charge in [0.15, 0.2) is 17.5 Å². The molecule has 0 spiro atoms. The fourth-order valence-electron chi connectivity index (χ4n) is 2.16. The van der Waals surface area contributed by atoms with E-state index in [1.165, 1.54) is 5.01 Å². The SMILES string of the molecule is CCc1nc(CCNC(=NC)Nc2ccc(OC)c(OC)c2)cs1. The average molecular weight is 348 g/mol. The Hall–Kier alpha value is -2.28. The molecule has 2 aromatic rings. The van der Waals surface area contributed by atoms with Gasteiger partial charge in [0.05, 0.1) is 24.9 Å². The van der Waals surface area contributed by atoms with E-state index < -0.39 is 0 Å². The number of ether oxygens (including phenoxy) is 2. The van der Waals surface area contributed by atoms with Gasteiger partial charge >= 0.3 is 0 Å². The van der Waals surface area contributed by atoms with Gasteiger partial charge in [0.1, 0.15) is 0 Å². The summed E-state index contributed by atoms with van der Waals surface area (Å²) in [6.07, 6.45) is 1.85. The molecule has 0 saturated carbocycles. The molecule has 0 unspecified atom stereocenters. The van der Waals surface area contributed by atoms with Crippen molar-refractivity contribution in [2.75, 3.05) is 33.1 Å². The van der Waals surface area contributed by atoms with Gasteiger partial charge in [-0.1, -0.05) is 6.92 Å². The Balaban J connectivity index is 1.90. The molecule has 0 amide bonds. The number of nitrogens with one attached hydrogen (secondary N) is 2. The highest BCUT2D eigenvalue weighted by molar-refractivity contribution is 7.09. The molecule has 130 valence electrons. The van der Waals surface area contributed by atoms with Crippen LogP contribution in [0, 0.1) is 0 Å². The molecule has 0 saturated heterocycles. The van der Waals surface area contributed by atoms with E-state index in [0.717, 1.165) is 30.8 Å². The van der Waals surface area contributed by atoms with Gasteiger partial charge in [-0.05, 0) is 18.6 Å². The van der Waals surface area contributed by atoms with Crippen molar-refractivity contribution in [1.29, 1.82) is 0 Å². The van der Waals surface area contributed by atoms with Crippen LogP contribution in [0.25, 0.3) is 0 Å². The lowest BCUT2D eigenvalue weighted by atomic mass is 10.2. The Morgan fingerprint density at radius 2 is 2.04 bits per heavy atom. The number of hydrogen-bond acceptors (Lipinski definition) is 5. The van der Waals surface area contributed by atoms with E-state index in [0.29, 0.717) is 17.5 Å². The number of nitrogens with zero attached hydrogens (tertiary/aromatic N) is 2. The van der Waals surface area contributed by atoms with Crippen LogP contribution in [0.2, 0.25) is 0 Å². The minimum absolute atomic E-state index is 0.674. The lowest BCUT2D eigenvalue weighted by Crippen LogP contribution is -2.32. The molecule has 0 aliphatic rings. The summed E-state index contributed by atoms with van der Waals surface area (Å²) in [5, 5.41) is 9.83. The fraction of sp³-hybridized carbons (Fsp3) is 0.412. The molecule has 0 radical (unpaired) electrons. The number of thiazole rings is 1. The van der Waals surface area contributed by atoms with Crippen molar-refractivity contribution in [3.05, 3.63) is 34.3 Å². The molecule has 0 aliphatic carbocycles. The smallest absolute Gasteiger partial charge is 0.195 e. The number of rotatable bonds is 7. The van der Waals surface area contributed by atoms with Gasteiger partial charge in [-0.15, -0.1) is 11.3 Å². The predicted octanol–water partition coefficient (Wildman–Crippen LogP) is 2.95. The van der Waals surface area contributed by atoms with Crippen LogP contribution in [0.1, 0.15) is 17.6 Å². The van der Waals surface area contributed by atoms with E-state index in [1.807, 2.05) is 18.2 Å². The Kier molecular flexibility index (Phi) is 6.87. The first-order chi connectivity index (χ1) is 11.7. The van der Waals surface area contributed by atoms with Gasteiger partial charge in [0.25, 0.3) is 0 Å².